The van der Waals surface area contributed by atoms with Gasteiger partial charge in [0.1, 0.15) is 5.60 Å². The smallest absolute Gasteiger partial charge is 0.127 e. The second-order valence-electron chi connectivity index (χ2n) is 5.13. The van der Waals surface area contributed by atoms with Crippen LogP contribution in [-0.2, 0) is 18.7 Å². The summed E-state index contributed by atoms with van der Waals surface area (Å²) in [6.07, 6.45) is 10.2. The average molecular weight is 337 g/mol. The molecule has 0 aliphatic heterocycles. The number of aliphatic hydroxyl groups is 1. The molecule has 0 atom stereocenters. The van der Waals surface area contributed by atoms with Crippen molar-refractivity contribution < 1.29 is 5.11 Å². The number of halogens is 2. The van der Waals surface area contributed by atoms with Gasteiger partial charge < -0.3 is 14.2 Å². The van der Waals surface area contributed by atoms with Crippen molar-refractivity contribution in [3.8, 4) is 0 Å². The molecule has 1 aromatic carbocycles. The summed E-state index contributed by atoms with van der Waals surface area (Å²) in [7, 11) is 0. The van der Waals surface area contributed by atoms with Crippen LogP contribution >= 0.6 is 23.2 Å². The van der Waals surface area contributed by atoms with Gasteiger partial charge in [-0.1, -0.05) is 29.3 Å². The maximum absolute atomic E-state index is 11.3. The Balaban J connectivity index is 2.01. The van der Waals surface area contributed by atoms with Gasteiger partial charge >= 0.3 is 0 Å². The Morgan fingerprint density at radius 1 is 1.00 bits per heavy atom. The van der Waals surface area contributed by atoms with E-state index in [0.717, 1.165) is 0 Å². The zero-order valence-electron chi connectivity index (χ0n) is 11.6. The maximum atomic E-state index is 11.3. The number of hydrogen-bond donors (Lipinski definition) is 1. The molecule has 0 saturated heterocycles. The fourth-order valence-electron chi connectivity index (χ4n) is 2.45. The highest BCUT2D eigenvalue weighted by atomic mass is 35.5. The van der Waals surface area contributed by atoms with E-state index in [2.05, 4.69) is 9.97 Å². The van der Waals surface area contributed by atoms with Gasteiger partial charge in [-0.3, -0.25) is 0 Å². The fraction of sp³-hybridized carbons (Fsp3) is 0.200. The van der Waals surface area contributed by atoms with E-state index in [9.17, 15) is 5.11 Å². The zero-order chi connectivity index (χ0) is 15.6. The van der Waals surface area contributed by atoms with Crippen molar-refractivity contribution >= 4 is 23.2 Å². The first-order chi connectivity index (χ1) is 10.6. The van der Waals surface area contributed by atoms with Crippen LogP contribution in [0.2, 0.25) is 10.0 Å². The van der Waals surface area contributed by atoms with Crippen LogP contribution in [0.25, 0.3) is 0 Å². The van der Waals surface area contributed by atoms with E-state index < -0.39 is 5.60 Å². The molecule has 0 fully saturated rings. The molecule has 0 radical (unpaired) electrons. The van der Waals surface area contributed by atoms with Crippen LogP contribution in [0.15, 0.2) is 55.6 Å². The van der Waals surface area contributed by atoms with Crippen LogP contribution in [0.1, 0.15) is 5.56 Å². The number of benzene rings is 1. The van der Waals surface area contributed by atoms with Gasteiger partial charge in [-0.05, 0) is 12.1 Å². The predicted octanol–water partition coefficient (Wildman–Crippen LogP) is 2.97. The summed E-state index contributed by atoms with van der Waals surface area (Å²) < 4.78 is 3.61. The minimum atomic E-state index is -1.22. The number of hydrogen-bond acceptors (Lipinski definition) is 3. The minimum absolute atomic E-state index is 0.312. The topological polar surface area (TPSA) is 55.9 Å². The second kappa shape index (κ2) is 6.12. The van der Waals surface area contributed by atoms with Crippen molar-refractivity contribution in [2.24, 2.45) is 0 Å². The Labute approximate surface area is 137 Å². The Hall–Kier alpha value is -1.82. The van der Waals surface area contributed by atoms with E-state index in [1.807, 2.05) is 9.13 Å². The minimum Gasteiger partial charge on any atom is -0.381 e. The highest BCUT2D eigenvalue weighted by molar-refractivity contribution is 6.35. The van der Waals surface area contributed by atoms with Crippen molar-refractivity contribution in [2.45, 2.75) is 18.7 Å². The highest BCUT2D eigenvalue weighted by Gasteiger charge is 2.32. The third-order valence-corrected chi connectivity index (χ3v) is 3.99. The molecular formula is C15H14Cl2N4O. The lowest BCUT2D eigenvalue weighted by Gasteiger charge is -2.30. The highest BCUT2D eigenvalue weighted by Crippen LogP contribution is 2.33. The molecule has 0 amide bonds. The number of imidazole rings is 2. The Morgan fingerprint density at radius 2 is 1.59 bits per heavy atom. The fourth-order valence-corrected chi connectivity index (χ4v) is 3.04. The van der Waals surface area contributed by atoms with Crippen LogP contribution in [-0.4, -0.2) is 24.2 Å². The summed E-state index contributed by atoms with van der Waals surface area (Å²) in [5, 5.41) is 12.2. The molecular weight excluding hydrogens is 323 g/mol. The monoisotopic (exact) mass is 336 g/mol. The van der Waals surface area contributed by atoms with Crippen LogP contribution < -0.4 is 0 Å². The Morgan fingerprint density at radius 3 is 2.05 bits per heavy atom. The van der Waals surface area contributed by atoms with E-state index in [0.29, 0.717) is 28.7 Å². The van der Waals surface area contributed by atoms with Crippen molar-refractivity contribution in [2.75, 3.05) is 0 Å². The average Bonchev–Trinajstić information content (AvgIpc) is 3.12. The van der Waals surface area contributed by atoms with Gasteiger partial charge in [0.15, 0.2) is 0 Å². The molecule has 2 aromatic heterocycles. The molecule has 5 nitrogen and oxygen atoms in total. The molecule has 22 heavy (non-hydrogen) atoms. The lowest BCUT2D eigenvalue weighted by atomic mass is 9.93. The molecule has 3 rings (SSSR count). The molecule has 0 bridgehead atoms. The van der Waals surface area contributed by atoms with Gasteiger partial charge in [0.2, 0.25) is 0 Å². The molecule has 2 heterocycles. The first-order valence-electron chi connectivity index (χ1n) is 6.66. The van der Waals surface area contributed by atoms with E-state index in [1.54, 1.807) is 55.6 Å². The zero-order valence-corrected chi connectivity index (χ0v) is 13.1. The van der Waals surface area contributed by atoms with E-state index in [-0.39, 0.29) is 0 Å². The summed E-state index contributed by atoms with van der Waals surface area (Å²) in [5.41, 5.74) is -0.607. The summed E-state index contributed by atoms with van der Waals surface area (Å²) in [6.45, 7) is 0.624. The largest absolute Gasteiger partial charge is 0.381 e. The van der Waals surface area contributed by atoms with Crippen LogP contribution in [0.4, 0.5) is 0 Å². The van der Waals surface area contributed by atoms with Crippen LogP contribution in [0.3, 0.4) is 0 Å². The van der Waals surface area contributed by atoms with Crippen LogP contribution in [0, 0.1) is 0 Å². The third-order valence-electron chi connectivity index (χ3n) is 3.44. The van der Waals surface area contributed by atoms with Gasteiger partial charge in [0, 0.05) is 40.4 Å². The third kappa shape index (κ3) is 3.16. The summed E-state index contributed by atoms with van der Waals surface area (Å²) >= 11 is 12.3. The lowest BCUT2D eigenvalue weighted by molar-refractivity contribution is 0.00105. The SMILES string of the molecule is OC(Cn1ccnc1)(Cn1ccnc1)c1ccc(Cl)cc1Cl. The van der Waals surface area contributed by atoms with E-state index in [1.165, 1.54) is 0 Å². The van der Waals surface area contributed by atoms with Gasteiger partial charge in [0.05, 0.1) is 25.7 Å². The second-order valence-corrected chi connectivity index (χ2v) is 5.97. The Bertz CT molecular complexity index is 705. The normalized spacial score (nSPS) is 11.8. The van der Waals surface area contributed by atoms with Gasteiger partial charge in [-0.15, -0.1) is 0 Å². The molecule has 0 aliphatic carbocycles. The van der Waals surface area contributed by atoms with Crippen LogP contribution in [0.5, 0.6) is 0 Å². The predicted molar refractivity (Wildman–Crippen MR) is 84.8 cm³/mol. The molecule has 7 heteroatoms. The number of rotatable bonds is 5. The van der Waals surface area contributed by atoms with Gasteiger partial charge in [-0.2, -0.15) is 0 Å². The first-order valence-corrected chi connectivity index (χ1v) is 7.42. The molecule has 0 aliphatic rings. The van der Waals surface area contributed by atoms with Crippen molar-refractivity contribution in [3.63, 3.8) is 0 Å². The number of aromatic nitrogens is 4. The molecule has 0 saturated carbocycles. The summed E-state index contributed by atoms with van der Waals surface area (Å²) in [5.74, 6) is 0. The molecule has 1 N–H and O–H groups in total. The molecule has 114 valence electrons. The van der Waals surface area contributed by atoms with E-state index >= 15 is 0 Å². The van der Waals surface area contributed by atoms with Crippen molar-refractivity contribution in [1.29, 1.82) is 0 Å². The molecule has 3 aromatic rings. The summed E-state index contributed by atoms with van der Waals surface area (Å²) in [6, 6.07) is 5.10. The maximum Gasteiger partial charge on any atom is 0.127 e. The number of nitrogens with zero attached hydrogens (tertiary/aromatic N) is 4. The Kier molecular flexibility index (Phi) is 4.20. The summed E-state index contributed by atoms with van der Waals surface area (Å²) in [4.78, 5) is 8.02. The quantitative estimate of drug-likeness (QED) is 0.779. The van der Waals surface area contributed by atoms with Crippen molar-refractivity contribution in [1.82, 2.24) is 19.1 Å². The van der Waals surface area contributed by atoms with E-state index in [4.69, 9.17) is 23.2 Å². The van der Waals surface area contributed by atoms with Gasteiger partial charge in [0.25, 0.3) is 0 Å². The standard InChI is InChI=1S/C15H14Cl2N4O/c16-12-1-2-13(14(17)7-12)15(22,8-20-5-3-18-10-20)9-21-6-4-19-11-21/h1-7,10-11,22H,8-9H2. The van der Waals surface area contributed by atoms with Gasteiger partial charge in [-0.25, -0.2) is 9.97 Å². The molecule has 0 spiro atoms. The van der Waals surface area contributed by atoms with Crippen molar-refractivity contribution in [3.05, 3.63) is 71.2 Å². The lowest BCUT2D eigenvalue weighted by Crippen LogP contribution is -2.36. The molecule has 0 unspecified atom stereocenters. The first kappa shape index (κ1) is 15.1.